The van der Waals surface area contributed by atoms with Crippen molar-refractivity contribution in [3.05, 3.63) is 42.0 Å². The number of rotatable bonds is 5. The van der Waals surface area contributed by atoms with Crippen LogP contribution in [0.5, 0.6) is 0 Å². The van der Waals surface area contributed by atoms with Gasteiger partial charge in [0.2, 0.25) is 0 Å². The van der Waals surface area contributed by atoms with Gasteiger partial charge in [-0.2, -0.15) is 0 Å². The summed E-state index contributed by atoms with van der Waals surface area (Å²) in [6, 6.07) is 9.55. The molecule has 0 aliphatic heterocycles. The zero-order valence-electron chi connectivity index (χ0n) is 12.8. The fourth-order valence-electron chi connectivity index (χ4n) is 1.42. The van der Waals surface area contributed by atoms with Gasteiger partial charge in [-0.05, 0) is 23.7 Å². The van der Waals surface area contributed by atoms with E-state index in [0.717, 1.165) is 5.56 Å². The Hall–Kier alpha value is -1.39. The molecule has 1 aromatic carbocycles. The summed E-state index contributed by atoms with van der Waals surface area (Å²) in [5, 5.41) is 11.2. The van der Waals surface area contributed by atoms with E-state index in [4.69, 9.17) is 4.43 Å². The Balaban J connectivity index is 2.86. The molecule has 0 radical (unpaired) electrons. The van der Waals surface area contributed by atoms with Gasteiger partial charge < -0.3 is 14.3 Å². The summed E-state index contributed by atoms with van der Waals surface area (Å²) in [6.07, 6.45) is 2.31. The van der Waals surface area contributed by atoms with E-state index in [2.05, 4.69) is 20.8 Å². The lowest BCUT2D eigenvalue weighted by molar-refractivity contribution is -0.311. The van der Waals surface area contributed by atoms with Crippen molar-refractivity contribution in [2.45, 2.75) is 45.0 Å². The first-order chi connectivity index (χ1) is 9.13. The molecular formula is C16H23O3Si-. The van der Waals surface area contributed by atoms with Gasteiger partial charge in [0.15, 0.2) is 8.32 Å². The average Bonchev–Trinajstić information content (AvgIpc) is 2.34. The lowest BCUT2D eigenvalue weighted by Crippen LogP contribution is -2.48. The molecule has 110 valence electrons. The maximum atomic E-state index is 11.3. The number of hydrogen-bond acceptors (Lipinski definition) is 3. The van der Waals surface area contributed by atoms with Crippen molar-refractivity contribution < 1.29 is 14.3 Å². The van der Waals surface area contributed by atoms with Crippen LogP contribution in [0, 0.1) is 0 Å². The first kappa shape index (κ1) is 16.7. The molecule has 1 unspecified atom stereocenters. The van der Waals surface area contributed by atoms with Gasteiger partial charge in [-0.1, -0.05) is 63.3 Å². The van der Waals surface area contributed by atoms with Crippen molar-refractivity contribution in [2.75, 3.05) is 0 Å². The van der Waals surface area contributed by atoms with Crippen LogP contribution in [-0.2, 0) is 9.22 Å². The Bertz CT molecular complexity index is 472. The van der Waals surface area contributed by atoms with Crippen LogP contribution in [0.15, 0.2) is 36.4 Å². The van der Waals surface area contributed by atoms with Crippen molar-refractivity contribution in [1.29, 1.82) is 0 Å². The molecule has 0 aliphatic rings. The van der Waals surface area contributed by atoms with Gasteiger partial charge in [0.25, 0.3) is 0 Å². The highest BCUT2D eigenvalue weighted by Gasteiger charge is 2.38. The van der Waals surface area contributed by atoms with E-state index >= 15 is 0 Å². The molecule has 0 aromatic heterocycles. The smallest absolute Gasteiger partial charge is 0.193 e. The van der Waals surface area contributed by atoms with Crippen LogP contribution in [0.4, 0.5) is 0 Å². The number of carboxylic acid groups (broad SMARTS) is 1. The second kappa shape index (κ2) is 6.37. The van der Waals surface area contributed by atoms with Gasteiger partial charge in [-0.25, -0.2) is 0 Å². The minimum atomic E-state index is -2.14. The number of aliphatic carboxylic acids is 1. The van der Waals surface area contributed by atoms with E-state index in [1.807, 2.05) is 43.4 Å². The third-order valence-corrected chi connectivity index (χ3v) is 8.18. The SMILES string of the molecule is CC(C)(C)[Si](C)(C)OC(/C=C/c1ccccc1)C(=O)[O-]. The molecule has 4 heteroatoms. The second-order valence-corrected chi connectivity index (χ2v) is 11.1. The maximum absolute atomic E-state index is 11.3. The lowest BCUT2D eigenvalue weighted by atomic mass is 10.2. The maximum Gasteiger partial charge on any atom is 0.193 e. The predicted octanol–water partition coefficient (Wildman–Crippen LogP) is 2.84. The molecule has 0 heterocycles. The Morgan fingerprint density at radius 2 is 1.80 bits per heavy atom. The zero-order chi connectivity index (χ0) is 15.4. The first-order valence-electron chi connectivity index (χ1n) is 6.75. The zero-order valence-corrected chi connectivity index (χ0v) is 13.8. The molecule has 0 aliphatic carbocycles. The number of benzene rings is 1. The van der Waals surface area contributed by atoms with Crippen molar-refractivity contribution in [2.24, 2.45) is 0 Å². The Labute approximate surface area is 122 Å². The predicted molar refractivity (Wildman–Crippen MR) is 82.6 cm³/mol. The fourth-order valence-corrected chi connectivity index (χ4v) is 2.59. The molecule has 1 rings (SSSR count). The van der Waals surface area contributed by atoms with E-state index in [-0.39, 0.29) is 5.04 Å². The van der Waals surface area contributed by atoms with Crippen LogP contribution in [0.2, 0.25) is 18.1 Å². The quantitative estimate of drug-likeness (QED) is 0.784. The van der Waals surface area contributed by atoms with Crippen molar-refractivity contribution in [3.8, 4) is 0 Å². The number of carbonyl (C=O) groups excluding carboxylic acids is 1. The molecule has 0 bridgehead atoms. The van der Waals surface area contributed by atoms with Gasteiger partial charge >= 0.3 is 0 Å². The van der Waals surface area contributed by atoms with Crippen LogP contribution in [-0.4, -0.2) is 20.4 Å². The minimum absolute atomic E-state index is 0.0404. The van der Waals surface area contributed by atoms with Crippen LogP contribution >= 0.6 is 0 Å². The van der Waals surface area contributed by atoms with E-state index in [1.54, 1.807) is 12.2 Å². The fraction of sp³-hybridized carbons (Fsp3) is 0.438. The van der Waals surface area contributed by atoms with E-state index < -0.39 is 20.4 Å². The molecular weight excluding hydrogens is 268 g/mol. The molecule has 20 heavy (non-hydrogen) atoms. The van der Waals surface area contributed by atoms with Gasteiger partial charge in [0, 0.05) is 0 Å². The summed E-state index contributed by atoms with van der Waals surface area (Å²) in [6.45, 7) is 10.3. The molecule has 1 aromatic rings. The Morgan fingerprint density at radius 3 is 2.25 bits per heavy atom. The summed E-state index contributed by atoms with van der Waals surface area (Å²) >= 11 is 0. The molecule has 1 atom stereocenters. The molecule has 0 spiro atoms. The largest absolute Gasteiger partial charge is 0.547 e. The molecule has 3 nitrogen and oxygen atoms in total. The van der Waals surface area contributed by atoms with Gasteiger partial charge in [-0.3, -0.25) is 0 Å². The summed E-state index contributed by atoms with van der Waals surface area (Å²) in [4.78, 5) is 11.3. The number of hydrogen-bond donors (Lipinski definition) is 0. The highest BCUT2D eigenvalue weighted by Crippen LogP contribution is 2.37. The van der Waals surface area contributed by atoms with Crippen molar-refractivity contribution in [1.82, 2.24) is 0 Å². The molecule has 0 saturated carbocycles. The van der Waals surface area contributed by atoms with Crippen molar-refractivity contribution >= 4 is 20.4 Å². The highest BCUT2D eigenvalue weighted by molar-refractivity contribution is 6.74. The summed E-state index contributed by atoms with van der Waals surface area (Å²) in [5.41, 5.74) is 0.942. The average molecular weight is 291 g/mol. The molecule has 0 N–H and O–H groups in total. The monoisotopic (exact) mass is 291 g/mol. The molecule has 0 amide bonds. The van der Waals surface area contributed by atoms with Gasteiger partial charge in [-0.15, -0.1) is 0 Å². The van der Waals surface area contributed by atoms with E-state index in [1.165, 1.54) is 0 Å². The number of carboxylic acids is 1. The van der Waals surface area contributed by atoms with Crippen molar-refractivity contribution in [3.63, 3.8) is 0 Å². The van der Waals surface area contributed by atoms with E-state index in [9.17, 15) is 9.90 Å². The Kier molecular flexibility index (Phi) is 5.31. The third-order valence-electron chi connectivity index (χ3n) is 3.72. The lowest BCUT2D eigenvalue weighted by Gasteiger charge is -2.38. The minimum Gasteiger partial charge on any atom is -0.547 e. The summed E-state index contributed by atoms with van der Waals surface area (Å²) in [5.74, 6) is -1.19. The topological polar surface area (TPSA) is 49.4 Å². The highest BCUT2D eigenvalue weighted by atomic mass is 28.4. The third kappa shape index (κ3) is 4.61. The van der Waals surface area contributed by atoms with Gasteiger partial charge in [0.05, 0.1) is 5.97 Å². The summed E-state index contributed by atoms with van der Waals surface area (Å²) < 4.78 is 5.88. The summed E-state index contributed by atoms with van der Waals surface area (Å²) in [7, 11) is -2.14. The first-order valence-corrected chi connectivity index (χ1v) is 9.66. The van der Waals surface area contributed by atoms with Crippen LogP contribution < -0.4 is 5.11 Å². The van der Waals surface area contributed by atoms with Crippen LogP contribution in [0.1, 0.15) is 26.3 Å². The van der Waals surface area contributed by atoms with Gasteiger partial charge in [0.1, 0.15) is 6.10 Å². The van der Waals surface area contributed by atoms with Crippen LogP contribution in [0.25, 0.3) is 6.08 Å². The standard InChI is InChI=1S/C16H24O3Si/c1-16(2,3)20(4,5)19-14(15(17)18)12-11-13-9-7-6-8-10-13/h6-12,14H,1-5H3,(H,17,18)/p-1/b12-11+. The van der Waals surface area contributed by atoms with Crippen LogP contribution in [0.3, 0.4) is 0 Å². The second-order valence-electron chi connectivity index (χ2n) is 6.39. The normalized spacial score (nSPS) is 14.4. The number of carbonyl (C=O) groups is 1. The molecule has 0 saturated heterocycles. The molecule has 0 fully saturated rings. The van der Waals surface area contributed by atoms with E-state index in [0.29, 0.717) is 0 Å². The Morgan fingerprint density at radius 1 is 1.25 bits per heavy atom.